The number of benzene rings is 1. The number of halogens is 1. The lowest BCUT2D eigenvalue weighted by atomic mass is 9.99. The van der Waals surface area contributed by atoms with Crippen LogP contribution in [-0.4, -0.2) is 24.1 Å². The molecule has 1 nitrogen and oxygen atoms in total. The summed E-state index contributed by atoms with van der Waals surface area (Å²) in [7, 11) is 1.99. The second-order valence-electron chi connectivity index (χ2n) is 4.60. The van der Waals surface area contributed by atoms with Crippen LogP contribution in [0.3, 0.4) is 0 Å². The third-order valence-corrected chi connectivity index (χ3v) is 4.95. The Morgan fingerprint density at radius 3 is 2.88 bits per heavy atom. The molecule has 1 aliphatic rings. The van der Waals surface area contributed by atoms with Crippen molar-refractivity contribution in [2.75, 3.05) is 12.8 Å². The molecule has 3 heteroatoms. The highest BCUT2D eigenvalue weighted by atomic mass is 32.2. The molecule has 1 aliphatic heterocycles. The van der Waals surface area contributed by atoms with Crippen molar-refractivity contribution in [2.24, 2.45) is 0 Å². The minimum atomic E-state index is -0.0754. The smallest absolute Gasteiger partial charge is 0.126 e. The van der Waals surface area contributed by atoms with Gasteiger partial charge in [0, 0.05) is 11.3 Å². The fraction of sp³-hybridized carbons (Fsp3) is 0.571. The first-order valence-corrected chi connectivity index (χ1v) is 7.38. The van der Waals surface area contributed by atoms with Crippen LogP contribution < -0.4 is 5.32 Å². The van der Waals surface area contributed by atoms with Gasteiger partial charge in [0.1, 0.15) is 5.82 Å². The Morgan fingerprint density at radius 2 is 2.24 bits per heavy atom. The van der Waals surface area contributed by atoms with E-state index in [1.807, 2.05) is 30.9 Å². The van der Waals surface area contributed by atoms with E-state index in [1.54, 1.807) is 12.1 Å². The highest BCUT2D eigenvalue weighted by Gasteiger charge is 2.23. The summed E-state index contributed by atoms with van der Waals surface area (Å²) < 4.78 is 13.6. The van der Waals surface area contributed by atoms with Gasteiger partial charge in [0.25, 0.3) is 0 Å². The fourth-order valence-corrected chi connectivity index (χ4v) is 3.87. The average Bonchev–Trinajstić information content (AvgIpc) is 2.39. The predicted molar refractivity (Wildman–Crippen MR) is 73.0 cm³/mol. The third kappa shape index (κ3) is 3.46. The molecule has 0 radical (unpaired) electrons. The van der Waals surface area contributed by atoms with E-state index in [-0.39, 0.29) is 5.82 Å². The van der Waals surface area contributed by atoms with Crippen LogP contribution in [0.1, 0.15) is 24.8 Å². The van der Waals surface area contributed by atoms with Crippen molar-refractivity contribution >= 4 is 11.8 Å². The first kappa shape index (κ1) is 12.9. The van der Waals surface area contributed by atoms with E-state index in [1.165, 1.54) is 25.0 Å². The van der Waals surface area contributed by atoms with Crippen molar-refractivity contribution in [3.8, 4) is 0 Å². The Hall–Kier alpha value is -0.540. The van der Waals surface area contributed by atoms with Crippen LogP contribution in [0.4, 0.5) is 4.39 Å². The SMILES string of the molecule is CNC(Cc1ccccc1F)C1CCCCS1. The lowest BCUT2D eigenvalue weighted by Crippen LogP contribution is -2.39. The summed E-state index contributed by atoms with van der Waals surface area (Å²) in [5.41, 5.74) is 0.832. The Kier molecular flexibility index (Phi) is 4.86. The molecule has 0 saturated carbocycles. The molecule has 1 saturated heterocycles. The molecule has 0 amide bonds. The van der Waals surface area contributed by atoms with E-state index in [0.717, 1.165) is 12.0 Å². The Balaban J connectivity index is 2.01. The van der Waals surface area contributed by atoms with E-state index in [2.05, 4.69) is 5.32 Å². The second-order valence-corrected chi connectivity index (χ2v) is 5.94. The standard InChI is InChI=1S/C14H20FNS/c1-16-13(14-8-4-5-9-17-14)10-11-6-2-3-7-12(11)15/h2-3,6-7,13-14,16H,4-5,8-10H2,1H3. The highest BCUT2D eigenvalue weighted by Crippen LogP contribution is 2.29. The molecule has 0 aliphatic carbocycles. The summed E-state index contributed by atoms with van der Waals surface area (Å²) >= 11 is 2.04. The maximum Gasteiger partial charge on any atom is 0.126 e. The van der Waals surface area contributed by atoms with Crippen molar-refractivity contribution in [1.29, 1.82) is 0 Å². The molecule has 1 fully saturated rings. The largest absolute Gasteiger partial charge is 0.316 e. The van der Waals surface area contributed by atoms with Crippen LogP contribution in [-0.2, 0) is 6.42 Å². The molecule has 2 atom stereocenters. The molecular weight excluding hydrogens is 233 g/mol. The summed E-state index contributed by atoms with van der Waals surface area (Å²) in [6.07, 6.45) is 4.69. The number of thioether (sulfide) groups is 1. The summed E-state index contributed by atoms with van der Waals surface area (Å²) in [5.74, 6) is 1.17. The molecule has 0 aromatic heterocycles. The van der Waals surface area contributed by atoms with Gasteiger partial charge in [-0.05, 0) is 43.7 Å². The molecule has 1 aromatic rings. The van der Waals surface area contributed by atoms with Gasteiger partial charge in [-0.15, -0.1) is 0 Å². The van der Waals surface area contributed by atoms with Crippen LogP contribution in [0.5, 0.6) is 0 Å². The summed E-state index contributed by atoms with van der Waals surface area (Å²) in [6, 6.07) is 7.50. The molecule has 1 heterocycles. The van der Waals surface area contributed by atoms with Crippen molar-refractivity contribution in [3.63, 3.8) is 0 Å². The van der Waals surface area contributed by atoms with Gasteiger partial charge < -0.3 is 5.32 Å². The van der Waals surface area contributed by atoms with Crippen molar-refractivity contribution in [1.82, 2.24) is 5.32 Å². The van der Waals surface area contributed by atoms with Gasteiger partial charge >= 0.3 is 0 Å². The molecule has 0 spiro atoms. The molecule has 1 N–H and O–H groups in total. The lowest BCUT2D eigenvalue weighted by molar-refractivity contribution is 0.484. The van der Waals surface area contributed by atoms with Gasteiger partial charge in [-0.25, -0.2) is 4.39 Å². The Labute approximate surface area is 107 Å². The molecule has 2 unspecified atom stereocenters. The number of hydrogen-bond acceptors (Lipinski definition) is 2. The number of hydrogen-bond donors (Lipinski definition) is 1. The topological polar surface area (TPSA) is 12.0 Å². The lowest BCUT2D eigenvalue weighted by Gasteiger charge is -2.29. The summed E-state index contributed by atoms with van der Waals surface area (Å²) in [5, 5.41) is 3.99. The summed E-state index contributed by atoms with van der Waals surface area (Å²) in [6.45, 7) is 0. The summed E-state index contributed by atoms with van der Waals surface area (Å²) in [4.78, 5) is 0. The maximum absolute atomic E-state index is 13.6. The van der Waals surface area contributed by atoms with E-state index in [9.17, 15) is 4.39 Å². The first-order valence-electron chi connectivity index (χ1n) is 6.33. The predicted octanol–water partition coefficient (Wildman–Crippen LogP) is 3.24. The van der Waals surface area contributed by atoms with Crippen molar-refractivity contribution in [3.05, 3.63) is 35.6 Å². The molecule has 0 bridgehead atoms. The van der Waals surface area contributed by atoms with Gasteiger partial charge in [0.2, 0.25) is 0 Å². The maximum atomic E-state index is 13.6. The molecule has 1 aromatic carbocycles. The van der Waals surface area contributed by atoms with Crippen molar-refractivity contribution in [2.45, 2.75) is 37.0 Å². The van der Waals surface area contributed by atoms with Crippen LogP contribution in [0.15, 0.2) is 24.3 Å². The van der Waals surface area contributed by atoms with Crippen LogP contribution in [0, 0.1) is 5.82 Å². The van der Waals surface area contributed by atoms with Gasteiger partial charge in [-0.1, -0.05) is 24.6 Å². The quantitative estimate of drug-likeness (QED) is 0.884. The van der Waals surface area contributed by atoms with Gasteiger partial charge in [-0.3, -0.25) is 0 Å². The normalized spacial score (nSPS) is 22.4. The minimum absolute atomic E-state index is 0.0754. The Bertz CT molecular complexity index is 350. The van der Waals surface area contributed by atoms with E-state index in [4.69, 9.17) is 0 Å². The molecule has 17 heavy (non-hydrogen) atoms. The van der Waals surface area contributed by atoms with E-state index >= 15 is 0 Å². The van der Waals surface area contributed by atoms with Crippen LogP contribution in [0.2, 0.25) is 0 Å². The van der Waals surface area contributed by atoms with Gasteiger partial charge in [0.05, 0.1) is 0 Å². The molecule has 94 valence electrons. The van der Waals surface area contributed by atoms with Gasteiger partial charge in [0.15, 0.2) is 0 Å². The van der Waals surface area contributed by atoms with E-state index in [0.29, 0.717) is 11.3 Å². The number of nitrogens with one attached hydrogen (secondary N) is 1. The zero-order valence-corrected chi connectivity index (χ0v) is 11.1. The highest BCUT2D eigenvalue weighted by molar-refractivity contribution is 8.00. The minimum Gasteiger partial charge on any atom is -0.316 e. The monoisotopic (exact) mass is 253 g/mol. The average molecular weight is 253 g/mol. The second kappa shape index (κ2) is 6.41. The zero-order chi connectivity index (χ0) is 12.1. The first-order chi connectivity index (χ1) is 8.31. The molecule has 2 rings (SSSR count). The number of likely N-dealkylation sites (N-methyl/N-ethyl adjacent to an activating group) is 1. The van der Waals surface area contributed by atoms with Gasteiger partial charge in [-0.2, -0.15) is 11.8 Å². The molecular formula is C14H20FNS. The van der Waals surface area contributed by atoms with E-state index < -0.39 is 0 Å². The van der Waals surface area contributed by atoms with Crippen molar-refractivity contribution < 1.29 is 4.39 Å². The number of rotatable bonds is 4. The van der Waals surface area contributed by atoms with Crippen LogP contribution in [0.25, 0.3) is 0 Å². The fourth-order valence-electron chi connectivity index (χ4n) is 2.40. The Morgan fingerprint density at radius 1 is 1.41 bits per heavy atom. The third-order valence-electron chi connectivity index (χ3n) is 3.43. The van der Waals surface area contributed by atoms with Crippen LogP contribution >= 0.6 is 11.8 Å². The zero-order valence-electron chi connectivity index (χ0n) is 10.3.